The van der Waals surface area contributed by atoms with Gasteiger partial charge in [-0.05, 0) is 52.4 Å². The molecule has 0 aliphatic carbocycles. The summed E-state index contributed by atoms with van der Waals surface area (Å²) in [7, 11) is 0. The molecule has 39 heavy (non-hydrogen) atoms. The fourth-order valence-electron chi connectivity index (χ4n) is 4.62. The molecule has 222 valence electrons. The molecule has 0 aromatic carbocycles. The molecule has 0 saturated carbocycles. The highest BCUT2D eigenvalue weighted by molar-refractivity contribution is 5.75. The quantitative estimate of drug-likeness (QED) is 0.207. The number of nitrogens with zero attached hydrogens (tertiary/aromatic N) is 3. The fraction of sp³-hybridized carbons (Fsp3) is 0.793. The van der Waals surface area contributed by atoms with Crippen molar-refractivity contribution in [2.24, 2.45) is 0 Å². The number of hydrogen-bond donors (Lipinski definition) is 1. The zero-order valence-corrected chi connectivity index (χ0v) is 24.4. The van der Waals surface area contributed by atoms with Crippen molar-refractivity contribution in [3.63, 3.8) is 0 Å². The Hall–Kier alpha value is -2.78. The second-order valence-corrected chi connectivity index (χ2v) is 10.6. The van der Waals surface area contributed by atoms with Crippen LogP contribution in [0.5, 0.6) is 0 Å². The maximum atomic E-state index is 13.2. The number of Topliss-reactive ketones (excluding diaryl/α,β-unsaturated/α-hetero) is 2. The highest BCUT2D eigenvalue weighted by Crippen LogP contribution is 2.07. The Labute approximate surface area is 232 Å². The van der Waals surface area contributed by atoms with Crippen LogP contribution < -0.4 is 22.4 Å². The Morgan fingerprint density at radius 1 is 0.487 bits per heavy atom. The summed E-state index contributed by atoms with van der Waals surface area (Å²) in [4.78, 5) is 72.6. The lowest BCUT2D eigenvalue weighted by Gasteiger charge is -2.14. The number of unbranched alkanes of at least 4 members (excludes halogenated alkanes) is 11. The summed E-state index contributed by atoms with van der Waals surface area (Å²) in [6.45, 7) is 6.07. The standard InChI is InChI=1S/C29H50N4O6/c1-24(34)18-12-6-4-9-15-21-31-27(37)32(22-16-10-5-7-13-19-25(2)35)29(39)33(28(31)38)23-17-11-8-14-20-30-26(3)36/h4-23H2,1-3H3,(H,30,36). The van der Waals surface area contributed by atoms with Crippen LogP contribution in [0.1, 0.15) is 124 Å². The molecular formula is C29H50N4O6. The van der Waals surface area contributed by atoms with Crippen LogP contribution in [0.2, 0.25) is 0 Å². The first kappa shape index (κ1) is 34.2. The molecule has 0 fully saturated rings. The number of amides is 1. The smallest absolute Gasteiger partial charge is 0.336 e. The van der Waals surface area contributed by atoms with Gasteiger partial charge in [0.05, 0.1) is 0 Å². The first-order valence-electron chi connectivity index (χ1n) is 14.8. The van der Waals surface area contributed by atoms with Gasteiger partial charge in [-0.3, -0.25) is 4.79 Å². The van der Waals surface area contributed by atoms with Gasteiger partial charge in [-0.1, -0.05) is 51.4 Å². The number of carbonyl (C=O) groups is 3. The van der Waals surface area contributed by atoms with Gasteiger partial charge in [-0.25, -0.2) is 28.1 Å². The predicted octanol–water partition coefficient (Wildman–Crippen LogP) is 3.73. The van der Waals surface area contributed by atoms with Gasteiger partial charge >= 0.3 is 17.1 Å². The minimum Gasteiger partial charge on any atom is -0.356 e. The van der Waals surface area contributed by atoms with E-state index in [2.05, 4.69) is 5.32 Å². The number of ketones is 2. The van der Waals surface area contributed by atoms with Gasteiger partial charge in [0.15, 0.2) is 0 Å². The molecule has 1 rings (SSSR count). The zero-order chi connectivity index (χ0) is 29.0. The van der Waals surface area contributed by atoms with E-state index < -0.39 is 17.1 Å². The molecule has 0 unspecified atom stereocenters. The maximum absolute atomic E-state index is 13.2. The SMILES string of the molecule is CC(=O)CCCCCCCn1c(=O)n(CCCCCCCC(C)=O)c(=O)n(CCCCCCNC(C)=O)c1=O. The van der Waals surface area contributed by atoms with E-state index in [9.17, 15) is 28.8 Å². The lowest BCUT2D eigenvalue weighted by molar-refractivity contribution is -0.119. The molecule has 0 saturated heterocycles. The van der Waals surface area contributed by atoms with Crippen LogP contribution in [0.15, 0.2) is 14.4 Å². The van der Waals surface area contributed by atoms with Crippen molar-refractivity contribution >= 4 is 17.5 Å². The Morgan fingerprint density at radius 3 is 1.13 bits per heavy atom. The third kappa shape index (κ3) is 14.8. The van der Waals surface area contributed by atoms with Crippen molar-refractivity contribution in [3.05, 3.63) is 31.5 Å². The summed E-state index contributed by atoms with van der Waals surface area (Å²) < 4.78 is 3.62. The lowest BCUT2D eigenvalue weighted by Crippen LogP contribution is -2.54. The lowest BCUT2D eigenvalue weighted by atomic mass is 10.1. The van der Waals surface area contributed by atoms with Crippen molar-refractivity contribution in [2.75, 3.05) is 6.54 Å². The second kappa shape index (κ2) is 20.2. The van der Waals surface area contributed by atoms with E-state index in [0.29, 0.717) is 38.6 Å². The summed E-state index contributed by atoms with van der Waals surface area (Å²) in [5, 5.41) is 2.76. The van der Waals surface area contributed by atoms with Crippen LogP contribution in [-0.4, -0.2) is 37.7 Å². The molecule has 0 atom stereocenters. The van der Waals surface area contributed by atoms with Crippen LogP contribution in [-0.2, 0) is 34.0 Å². The van der Waals surface area contributed by atoms with Crippen LogP contribution >= 0.6 is 0 Å². The van der Waals surface area contributed by atoms with Gasteiger partial charge in [-0.15, -0.1) is 0 Å². The molecule has 0 bridgehead atoms. The largest absolute Gasteiger partial charge is 0.356 e. The van der Waals surface area contributed by atoms with Crippen LogP contribution in [0.4, 0.5) is 0 Å². The molecule has 10 heteroatoms. The van der Waals surface area contributed by atoms with Gasteiger partial charge in [0, 0.05) is 45.9 Å². The number of hydrogen-bond acceptors (Lipinski definition) is 6. The van der Waals surface area contributed by atoms with E-state index in [-0.39, 0.29) is 37.1 Å². The molecule has 0 radical (unpaired) electrons. The maximum Gasteiger partial charge on any atom is 0.336 e. The Balaban J connectivity index is 2.81. The first-order chi connectivity index (χ1) is 18.6. The third-order valence-corrected chi connectivity index (χ3v) is 6.89. The van der Waals surface area contributed by atoms with E-state index in [1.165, 1.54) is 20.6 Å². The second-order valence-electron chi connectivity index (χ2n) is 10.6. The van der Waals surface area contributed by atoms with E-state index in [4.69, 9.17) is 0 Å². The molecule has 0 aliphatic heterocycles. The Morgan fingerprint density at radius 2 is 0.795 bits per heavy atom. The highest BCUT2D eigenvalue weighted by Gasteiger charge is 2.15. The van der Waals surface area contributed by atoms with Gasteiger partial charge in [0.2, 0.25) is 5.91 Å². The van der Waals surface area contributed by atoms with Crippen molar-refractivity contribution in [2.45, 2.75) is 143 Å². The number of carbonyl (C=O) groups excluding carboxylic acids is 3. The van der Waals surface area contributed by atoms with Gasteiger partial charge in [-0.2, -0.15) is 0 Å². The number of nitrogens with one attached hydrogen (secondary N) is 1. The van der Waals surface area contributed by atoms with Gasteiger partial charge in [0.1, 0.15) is 11.6 Å². The van der Waals surface area contributed by atoms with Crippen molar-refractivity contribution < 1.29 is 14.4 Å². The molecule has 1 aromatic heterocycles. The van der Waals surface area contributed by atoms with E-state index in [0.717, 1.165) is 70.6 Å². The average Bonchev–Trinajstić information content (AvgIpc) is 2.86. The molecule has 1 N–H and O–H groups in total. The molecule has 0 spiro atoms. The molecule has 10 nitrogen and oxygen atoms in total. The third-order valence-electron chi connectivity index (χ3n) is 6.89. The Kier molecular flexibility index (Phi) is 17.7. The molecule has 1 heterocycles. The summed E-state index contributed by atoms with van der Waals surface area (Å²) in [5.74, 6) is 0.317. The Bertz CT molecular complexity index is 905. The normalized spacial score (nSPS) is 11.1. The minimum atomic E-state index is -0.541. The monoisotopic (exact) mass is 550 g/mol. The van der Waals surface area contributed by atoms with E-state index in [1.54, 1.807) is 13.8 Å². The molecular weight excluding hydrogens is 500 g/mol. The van der Waals surface area contributed by atoms with Gasteiger partial charge < -0.3 is 14.9 Å². The molecule has 1 amide bonds. The summed E-state index contributed by atoms with van der Waals surface area (Å²) in [5.41, 5.74) is -1.62. The number of rotatable bonds is 23. The fourth-order valence-corrected chi connectivity index (χ4v) is 4.62. The van der Waals surface area contributed by atoms with Crippen molar-refractivity contribution in [3.8, 4) is 0 Å². The average molecular weight is 551 g/mol. The summed E-state index contributed by atoms with van der Waals surface area (Å²) in [6.07, 6.45) is 12.8. The van der Waals surface area contributed by atoms with E-state index >= 15 is 0 Å². The predicted molar refractivity (Wildman–Crippen MR) is 153 cm³/mol. The minimum absolute atomic E-state index is 0.0588. The number of aromatic nitrogens is 3. The zero-order valence-electron chi connectivity index (χ0n) is 24.4. The van der Waals surface area contributed by atoms with Crippen LogP contribution in [0.3, 0.4) is 0 Å². The summed E-state index contributed by atoms with van der Waals surface area (Å²) in [6, 6.07) is 0. The summed E-state index contributed by atoms with van der Waals surface area (Å²) >= 11 is 0. The van der Waals surface area contributed by atoms with Crippen molar-refractivity contribution in [1.29, 1.82) is 0 Å². The van der Waals surface area contributed by atoms with Crippen LogP contribution in [0, 0.1) is 0 Å². The van der Waals surface area contributed by atoms with E-state index in [1.807, 2.05) is 0 Å². The van der Waals surface area contributed by atoms with Crippen LogP contribution in [0.25, 0.3) is 0 Å². The topological polar surface area (TPSA) is 129 Å². The van der Waals surface area contributed by atoms with Gasteiger partial charge in [0.25, 0.3) is 0 Å². The first-order valence-corrected chi connectivity index (χ1v) is 14.8. The highest BCUT2D eigenvalue weighted by atomic mass is 16.2. The van der Waals surface area contributed by atoms with Crippen molar-refractivity contribution in [1.82, 2.24) is 19.0 Å². The molecule has 0 aliphatic rings. The molecule has 1 aromatic rings.